The Morgan fingerprint density at radius 1 is 1.32 bits per heavy atom. The molecule has 2 unspecified atom stereocenters. The maximum absolute atomic E-state index is 12.1. The monoisotopic (exact) mass is 304 g/mol. The van der Waals surface area contributed by atoms with Crippen molar-refractivity contribution in [1.82, 2.24) is 4.90 Å². The number of aryl methyl sites for hydroxylation is 1. The first-order valence-corrected chi connectivity index (χ1v) is 8.12. The summed E-state index contributed by atoms with van der Waals surface area (Å²) in [5, 5.41) is 0. The topological polar surface area (TPSA) is 55.6 Å². The van der Waals surface area contributed by atoms with Gasteiger partial charge in [0.2, 0.25) is 0 Å². The number of nitrogens with zero attached hydrogens (tertiary/aromatic N) is 1. The van der Waals surface area contributed by atoms with Gasteiger partial charge >= 0.3 is 6.09 Å². The minimum Gasteiger partial charge on any atom is -0.444 e. The molecule has 22 heavy (non-hydrogen) atoms. The standard InChI is InChI=1S/C18H28N2O2/c1-5-13-6-8-14(9-7-13)15-10-11-20(12-16(15)19)17(21)22-18(2,3)4/h6-9,15-16H,5,10-12,19H2,1-4H3. The number of ether oxygens (including phenoxy) is 1. The smallest absolute Gasteiger partial charge is 0.410 e. The Morgan fingerprint density at radius 3 is 2.45 bits per heavy atom. The summed E-state index contributed by atoms with van der Waals surface area (Å²) < 4.78 is 5.43. The lowest BCUT2D eigenvalue weighted by Gasteiger charge is -2.37. The summed E-state index contributed by atoms with van der Waals surface area (Å²) >= 11 is 0. The van der Waals surface area contributed by atoms with Gasteiger partial charge in [-0.25, -0.2) is 4.79 Å². The fourth-order valence-electron chi connectivity index (χ4n) is 2.89. The summed E-state index contributed by atoms with van der Waals surface area (Å²) in [4.78, 5) is 13.9. The van der Waals surface area contributed by atoms with Crippen LogP contribution >= 0.6 is 0 Å². The minimum absolute atomic E-state index is 0.0475. The van der Waals surface area contributed by atoms with Gasteiger partial charge in [0, 0.05) is 25.0 Å². The number of carbonyl (C=O) groups is 1. The molecular weight excluding hydrogens is 276 g/mol. The summed E-state index contributed by atoms with van der Waals surface area (Å²) in [6, 6.07) is 8.64. The highest BCUT2D eigenvalue weighted by atomic mass is 16.6. The molecule has 1 aliphatic heterocycles. The van der Waals surface area contributed by atoms with E-state index in [1.807, 2.05) is 20.8 Å². The van der Waals surface area contributed by atoms with Crippen LogP contribution < -0.4 is 5.73 Å². The van der Waals surface area contributed by atoms with Crippen molar-refractivity contribution in [3.63, 3.8) is 0 Å². The van der Waals surface area contributed by atoms with E-state index >= 15 is 0 Å². The van der Waals surface area contributed by atoms with E-state index in [-0.39, 0.29) is 12.1 Å². The van der Waals surface area contributed by atoms with Crippen molar-refractivity contribution in [3.05, 3.63) is 35.4 Å². The molecule has 0 aromatic heterocycles. The zero-order valence-electron chi connectivity index (χ0n) is 14.1. The predicted octanol–water partition coefficient (Wildman–Crippen LogP) is 3.30. The molecule has 1 saturated heterocycles. The SMILES string of the molecule is CCc1ccc(C2CCN(C(=O)OC(C)(C)C)CC2N)cc1. The molecule has 2 rings (SSSR count). The van der Waals surface area contributed by atoms with Crippen LogP contribution in [0.15, 0.2) is 24.3 Å². The zero-order valence-corrected chi connectivity index (χ0v) is 14.1. The number of hydrogen-bond acceptors (Lipinski definition) is 3. The Labute approximate surface area is 133 Å². The number of likely N-dealkylation sites (tertiary alicyclic amines) is 1. The summed E-state index contributed by atoms with van der Waals surface area (Å²) in [7, 11) is 0. The van der Waals surface area contributed by atoms with Crippen LogP contribution in [-0.4, -0.2) is 35.7 Å². The number of nitrogens with two attached hydrogens (primary N) is 1. The molecule has 0 spiro atoms. The highest BCUT2D eigenvalue weighted by Crippen LogP contribution is 2.28. The lowest BCUT2D eigenvalue weighted by Crippen LogP contribution is -2.50. The lowest BCUT2D eigenvalue weighted by atomic mass is 9.85. The number of carbonyl (C=O) groups excluding carboxylic acids is 1. The number of hydrogen-bond donors (Lipinski definition) is 1. The largest absolute Gasteiger partial charge is 0.444 e. The molecule has 4 nitrogen and oxygen atoms in total. The second-order valence-corrected chi connectivity index (χ2v) is 7.08. The molecule has 0 bridgehead atoms. The minimum atomic E-state index is -0.464. The maximum Gasteiger partial charge on any atom is 0.410 e. The summed E-state index contributed by atoms with van der Waals surface area (Å²) in [6.45, 7) is 9.05. The van der Waals surface area contributed by atoms with E-state index < -0.39 is 5.60 Å². The third kappa shape index (κ3) is 4.23. The van der Waals surface area contributed by atoms with Crippen LogP contribution in [0.25, 0.3) is 0 Å². The molecule has 1 aromatic carbocycles. The van der Waals surface area contributed by atoms with Crippen molar-refractivity contribution >= 4 is 6.09 Å². The van der Waals surface area contributed by atoms with Gasteiger partial charge in [0.1, 0.15) is 5.60 Å². The van der Waals surface area contributed by atoms with Crippen LogP contribution in [0.4, 0.5) is 4.79 Å². The third-order valence-corrected chi connectivity index (χ3v) is 4.13. The zero-order chi connectivity index (χ0) is 16.3. The van der Waals surface area contributed by atoms with Gasteiger partial charge < -0.3 is 15.4 Å². The Hall–Kier alpha value is -1.55. The molecule has 0 aliphatic carbocycles. The van der Waals surface area contributed by atoms with Crippen LogP contribution in [-0.2, 0) is 11.2 Å². The molecular formula is C18H28N2O2. The number of piperidine rings is 1. The first-order valence-electron chi connectivity index (χ1n) is 8.12. The van der Waals surface area contributed by atoms with Crippen molar-refractivity contribution in [2.45, 2.75) is 58.1 Å². The Bertz CT molecular complexity index is 505. The van der Waals surface area contributed by atoms with E-state index in [1.54, 1.807) is 4.90 Å². The highest BCUT2D eigenvalue weighted by molar-refractivity contribution is 5.68. The van der Waals surface area contributed by atoms with Gasteiger partial charge in [0.25, 0.3) is 0 Å². The van der Waals surface area contributed by atoms with Crippen LogP contribution in [0, 0.1) is 0 Å². The first-order chi connectivity index (χ1) is 10.3. The van der Waals surface area contributed by atoms with Crippen LogP contribution in [0.3, 0.4) is 0 Å². The van der Waals surface area contributed by atoms with Crippen molar-refractivity contribution in [1.29, 1.82) is 0 Å². The molecule has 2 atom stereocenters. The average Bonchev–Trinajstić information content (AvgIpc) is 2.45. The van der Waals surface area contributed by atoms with Gasteiger partial charge in [-0.1, -0.05) is 31.2 Å². The van der Waals surface area contributed by atoms with E-state index in [2.05, 4.69) is 31.2 Å². The lowest BCUT2D eigenvalue weighted by molar-refractivity contribution is 0.0186. The molecule has 2 N–H and O–H groups in total. The Balaban J connectivity index is 1.98. The molecule has 1 aliphatic rings. The van der Waals surface area contributed by atoms with Crippen LogP contribution in [0.2, 0.25) is 0 Å². The van der Waals surface area contributed by atoms with E-state index in [1.165, 1.54) is 11.1 Å². The van der Waals surface area contributed by atoms with Gasteiger partial charge in [0.15, 0.2) is 0 Å². The first kappa shape index (κ1) is 16.8. The molecule has 1 heterocycles. The molecule has 122 valence electrons. The van der Waals surface area contributed by atoms with Crippen molar-refractivity contribution in [2.24, 2.45) is 5.73 Å². The molecule has 1 amide bonds. The molecule has 0 radical (unpaired) electrons. The molecule has 0 saturated carbocycles. The third-order valence-electron chi connectivity index (χ3n) is 4.13. The van der Waals surface area contributed by atoms with Crippen molar-refractivity contribution in [2.75, 3.05) is 13.1 Å². The van der Waals surface area contributed by atoms with Gasteiger partial charge in [-0.05, 0) is 44.7 Å². The van der Waals surface area contributed by atoms with Crippen molar-refractivity contribution < 1.29 is 9.53 Å². The van der Waals surface area contributed by atoms with Gasteiger partial charge in [-0.2, -0.15) is 0 Å². The second-order valence-electron chi connectivity index (χ2n) is 7.08. The summed E-state index contributed by atoms with van der Waals surface area (Å²) in [5.41, 5.74) is 8.47. The average molecular weight is 304 g/mol. The van der Waals surface area contributed by atoms with E-state index in [0.717, 1.165) is 12.8 Å². The summed E-state index contributed by atoms with van der Waals surface area (Å²) in [6.07, 6.45) is 1.66. The quantitative estimate of drug-likeness (QED) is 0.912. The molecule has 1 aromatic rings. The fourth-order valence-corrected chi connectivity index (χ4v) is 2.89. The molecule has 4 heteroatoms. The predicted molar refractivity (Wildman–Crippen MR) is 89.0 cm³/mol. The Morgan fingerprint density at radius 2 is 1.95 bits per heavy atom. The molecule has 1 fully saturated rings. The summed E-state index contributed by atoms with van der Waals surface area (Å²) in [5.74, 6) is 0.310. The van der Waals surface area contributed by atoms with Gasteiger partial charge in [-0.3, -0.25) is 0 Å². The van der Waals surface area contributed by atoms with E-state index in [9.17, 15) is 4.79 Å². The number of amides is 1. The van der Waals surface area contributed by atoms with Crippen molar-refractivity contribution in [3.8, 4) is 0 Å². The van der Waals surface area contributed by atoms with Crippen LogP contribution in [0.5, 0.6) is 0 Å². The van der Waals surface area contributed by atoms with Gasteiger partial charge in [-0.15, -0.1) is 0 Å². The van der Waals surface area contributed by atoms with Crippen LogP contribution in [0.1, 0.15) is 51.2 Å². The van der Waals surface area contributed by atoms with E-state index in [0.29, 0.717) is 19.0 Å². The Kier molecular flexibility index (Phi) is 5.12. The number of benzene rings is 1. The second kappa shape index (κ2) is 6.69. The van der Waals surface area contributed by atoms with Gasteiger partial charge in [0.05, 0.1) is 0 Å². The fraction of sp³-hybridized carbons (Fsp3) is 0.611. The van der Waals surface area contributed by atoms with E-state index in [4.69, 9.17) is 10.5 Å². The maximum atomic E-state index is 12.1. The normalized spacial score (nSPS) is 22.5. The number of rotatable bonds is 2. The highest BCUT2D eigenvalue weighted by Gasteiger charge is 2.32.